The molecule has 11 heteroatoms. The highest BCUT2D eigenvalue weighted by Crippen LogP contribution is 2.36. The molecule has 0 saturated carbocycles. The van der Waals surface area contributed by atoms with Crippen LogP contribution in [-0.4, -0.2) is 43.8 Å². The smallest absolute Gasteiger partial charge is 0.417 e. The second-order valence-electron chi connectivity index (χ2n) is 7.10. The highest BCUT2D eigenvalue weighted by atomic mass is 32.2. The number of hydrogen-bond acceptors (Lipinski definition) is 5. The number of aromatic nitrogens is 1. The van der Waals surface area contributed by atoms with E-state index in [-0.39, 0.29) is 38.4 Å². The molecule has 0 bridgehead atoms. The Morgan fingerprint density at radius 2 is 1.87 bits per heavy atom. The molecular formula is C20H22F3N3O4S. The van der Waals surface area contributed by atoms with Gasteiger partial charge >= 0.3 is 6.18 Å². The third-order valence-corrected chi connectivity index (χ3v) is 7.07. The predicted molar refractivity (Wildman–Crippen MR) is 106 cm³/mol. The molecule has 1 aromatic heterocycles. The van der Waals surface area contributed by atoms with Crippen LogP contribution in [0.4, 0.5) is 13.2 Å². The van der Waals surface area contributed by atoms with E-state index in [1.165, 1.54) is 13.2 Å². The highest BCUT2D eigenvalue weighted by Gasteiger charge is 2.40. The maximum absolute atomic E-state index is 13.2. The number of ether oxygens (including phenoxy) is 1. The van der Waals surface area contributed by atoms with Crippen LogP contribution < -0.4 is 10.1 Å². The number of alkyl halides is 3. The zero-order chi connectivity index (χ0) is 22.6. The Kier molecular flexibility index (Phi) is 6.85. The van der Waals surface area contributed by atoms with Gasteiger partial charge < -0.3 is 10.1 Å². The van der Waals surface area contributed by atoms with E-state index in [0.29, 0.717) is 5.88 Å². The average molecular weight is 457 g/mol. The average Bonchev–Trinajstić information content (AvgIpc) is 2.77. The zero-order valence-electron chi connectivity index (χ0n) is 16.7. The molecule has 0 atom stereocenters. The van der Waals surface area contributed by atoms with Crippen LogP contribution in [0, 0.1) is 5.92 Å². The van der Waals surface area contributed by atoms with Crippen LogP contribution in [0.2, 0.25) is 0 Å². The molecule has 168 valence electrons. The first-order valence-corrected chi connectivity index (χ1v) is 11.0. The SMILES string of the molecule is COc1ccc(CNC(=O)C2CCN(S(=O)(=O)c3ccccc3C(F)(F)F)CC2)cn1. The van der Waals surface area contributed by atoms with Crippen LogP contribution in [0.3, 0.4) is 0 Å². The summed E-state index contributed by atoms with van der Waals surface area (Å²) in [6.45, 7) is 0.195. The summed E-state index contributed by atoms with van der Waals surface area (Å²) in [5, 5.41) is 2.78. The van der Waals surface area contributed by atoms with Crippen molar-refractivity contribution in [3.63, 3.8) is 0 Å². The molecule has 3 rings (SSSR count). The molecule has 2 aromatic rings. The van der Waals surface area contributed by atoms with Crippen LogP contribution in [-0.2, 0) is 27.5 Å². The fourth-order valence-electron chi connectivity index (χ4n) is 3.39. The monoisotopic (exact) mass is 457 g/mol. The Morgan fingerprint density at radius 1 is 1.19 bits per heavy atom. The summed E-state index contributed by atoms with van der Waals surface area (Å²) in [5.74, 6) is -0.199. The number of methoxy groups -OCH3 is 1. The minimum absolute atomic E-state index is 0.0310. The van der Waals surface area contributed by atoms with E-state index in [1.54, 1.807) is 18.3 Å². The zero-order valence-corrected chi connectivity index (χ0v) is 17.5. The summed E-state index contributed by atoms with van der Waals surface area (Å²) in [4.78, 5) is 15.7. The van der Waals surface area contributed by atoms with E-state index in [0.717, 1.165) is 28.1 Å². The number of pyridine rings is 1. The third-order valence-electron chi connectivity index (χ3n) is 5.11. The number of rotatable bonds is 6. The summed E-state index contributed by atoms with van der Waals surface area (Å²) >= 11 is 0. The minimum Gasteiger partial charge on any atom is -0.481 e. The van der Waals surface area contributed by atoms with Crippen molar-refractivity contribution in [1.29, 1.82) is 0 Å². The Labute approximate surface area is 178 Å². The lowest BCUT2D eigenvalue weighted by molar-refractivity contribution is -0.139. The molecule has 1 N–H and O–H groups in total. The lowest BCUT2D eigenvalue weighted by atomic mass is 9.97. The van der Waals surface area contributed by atoms with Gasteiger partial charge in [-0.2, -0.15) is 17.5 Å². The maximum Gasteiger partial charge on any atom is 0.417 e. The van der Waals surface area contributed by atoms with Gasteiger partial charge in [0.25, 0.3) is 0 Å². The molecule has 1 fully saturated rings. The molecule has 1 aromatic carbocycles. The van der Waals surface area contributed by atoms with Gasteiger partial charge in [-0.25, -0.2) is 13.4 Å². The van der Waals surface area contributed by atoms with Crippen molar-refractivity contribution >= 4 is 15.9 Å². The maximum atomic E-state index is 13.2. The van der Waals surface area contributed by atoms with E-state index in [2.05, 4.69) is 10.3 Å². The van der Waals surface area contributed by atoms with Crippen LogP contribution >= 0.6 is 0 Å². The van der Waals surface area contributed by atoms with Crippen molar-refractivity contribution in [2.45, 2.75) is 30.5 Å². The summed E-state index contributed by atoms with van der Waals surface area (Å²) in [7, 11) is -2.83. The first kappa shape index (κ1) is 23.0. The quantitative estimate of drug-likeness (QED) is 0.721. The van der Waals surface area contributed by atoms with Crippen molar-refractivity contribution in [2.75, 3.05) is 20.2 Å². The molecule has 1 amide bonds. The number of benzene rings is 1. The lowest BCUT2D eigenvalue weighted by Gasteiger charge is -2.31. The first-order valence-electron chi connectivity index (χ1n) is 9.56. The van der Waals surface area contributed by atoms with Gasteiger partial charge in [0.2, 0.25) is 21.8 Å². The fourth-order valence-corrected chi connectivity index (χ4v) is 5.07. The molecule has 0 spiro atoms. The van der Waals surface area contributed by atoms with Crippen molar-refractivity contribution in [3.05, 3.63) is 53.7 Å². The topological polar surface area (TPSA) is 88.6 Å². The summed E-state index contributed by atoms with van der Waals surface area (Å²) in [6, 6.07) is 7.55. The van der Waals surface area contributed by atoms with Gasteiger partial charge in [0.05, 0.1) is 17.6 Å². The largest absolute Gasteiger partial charge is 0.481 e. The molecule has 0 unspecified atom stereocenters. The highest BCUT2D eigenvalue weighted by molar-refractivity contribution is 7.89. The second kappa shape index (κ2) is 9.23. The number of carbonyl (C=O) groups is 1. The standard InChI is InChI=1S/C20H22F3N3O4S/c1-30-18-7-6-14(12-24-18)13-25-19(27)15-8-10-26(11-9-15)31(28,29)17-5-3-2-4-16(17)20(21,22)23/h2-7,12,15H,8-11,13H2,1H3,(H,25,27). The van der Waals surface area contributed by atoms with Gasteiger partial charge in [0.15, 0.2) is 0 Å². The van der Waals surface area contributed by atoms with Crippen molar-refractivity contribution < 1.29 is 31.1 Å². The van der Waals surface area contributed by atoms with E-state index >= 15 is 0 Å². The summed E-state index contributed by atoms with van der Waals surface area (Å²) in [6.07, 6.45) is -2.76. The number of nitrogens with zero attached hydrogens (tertiary/aromatic N) is 2. The fraction of sp³-hybridized carbons (Fsp3) is 0.400. The van der Waals surface area contributed by atoms with Crippen molar-refractivity contribution in [2.24, 2.45) is 5.92 Å². The van der Waals surface area contributed by atoms with E-state index in [4.69, 9.17) is 4.74 Å². The van der Waals surface area contributed by atoms with Gasteiger partial charge in [0, 0.05) is 37.8 Å². The summed E-state index contributed by atoms with van der Waals surface area (Å²) in [5.41, 5.74) is -0.416. The molecule has 0 radical (unpaired) electrons. The van der Waals surface area contributed by atoms with Gasteiger partial charge in [0.1, 0.15) is 0 Å². The number of amides is 1. The van der Waals surface area contributed by atoms with Crippen LogP contribution in [0.25, 0.3) is 0 Å². The number of halogens is 3. The second-order valence-corrected chi connectivity index (χ2v) is 9.01. The van der Waals surface area contributed by atoms with Crippen molar-refractivity contribution in [1.82, 2.24) is 14.6 Å². The van der Waals surface area contributed by atoms with E-state index in [1.807, 2.05) is 0 Å². The number of sulfonamides is 1. The molecular weight excluding hydrogens is 435 g/mol. The Bertz CT molecular complexity index is 1020. The summed E-state index contributed by atoms with van der Waals surface area (Å²) < 4.78 is 71.3. The van der Waals surface area contributed by atoms with E-state index in [9.17, 15) is 26.4 Å². The number of nitrogens with one attached hydrogen (secondary N) is 1. The molecule has 1 saturated heterocycles. The predicted octanol–water partition coefficient (Wildman–Crippen LogP) is 2.83. The van der Waals surface area contributed by atoms with Crippen molar-refractivity contribution in [3.8, 4) is 5.88 Å². The first-order chi connectivity index (χ1) is 14.6. The molecule has 0 aliphatic carbocycles. The molecule has 2 heterocycles. The molecule has 1 aliphatic rings. The number of piperidine rings is 1. The number of carbonyl (C=O) groups excluding carboxylic acids is 1. The van der Waals surface area contributed by atoms with Gasteiger partial charge in [-0.15, -0.1) is 0 Å². The molecule has 7 nitrogen and oxygen atoms in total. The van der Waals surface area contributed by atoms with Gasteiger partial charge in [-0.3, -0.25) is 4.79 Å². The molecule has 31 heavy (non-hydrogen) atoms. The Balaban J connectivity index is 1.60. The van der Waals surface area contributed by atoms with Gasteiger partial charge in [-0.1, -0.05) is 18.2 Å². The third kappa shape index (κ3) is 5.34. The normalized spacial score (nSPS) is 16.1. The van der Waals surface area contributed by atoms with Crippen LogP contribution in [0.1, 0.15) is 24.0 Å². The lowest BCUT2D eigenvalue weighted by Crippen LogP contribution is -2.43. The Morgan fingerprint density at radius 3 is 2.45 bits per heavy atom. The molecule has 1 aliphatic heterocycles. The van der Waals surface area contributed by atoms with Crippen LogP contribution in [0.5, 0.6) is 5.88 Å². The van der Waals surface area contributed by atoms with Crippen LogP contribution in [0.15, 0.2) is 47.5 Å². The Hall–Kier alpha value is -2.66. The minimum atomic E-state index is -4.78. The number of hydrogen-bond donors (Lipinski definition) is 1. The van der Waals surface area contributed by atoms with Gasteiger partial charge in [-0.05, 0) is 30.5 Å². The van der Waals surface area contributed by atoms with E-state index < -0.39 is 32.6 Å².